The Kier molecular flexibility index (Phi) is 4.13. The van der Waals surface area contributed by atoms with Crippen molar-refractivity contribution in [2.24, 2.45) is 11.1 Å². The van der Waals surface area contributed by atoms with Gasteiger partial charge in [0.15, 0.2) is 0 Å². The van der Waals surface area contributed by atoms with Crippen LogP contribution >= 0.6 is 0 Å². The molecule has 0 unspecified atom stereocenters. The standard InChI is InChI=1S/C5H10FN.C5H11N/c6-3-5(4-7)1-2-5;1-6-4-2-3-5-6/h1-4,7H2;2-5H2,1H3. The number of halogens is 1. The molecule has 0 amide bonds. The van der Waals surface area contributed by atoms with Crippen molar-refractivity contribution in [3.8, 4) is 0 Å². The Labute approximate surface area is 80.3 Å². The first-order valence-corrected chi connectivity index (χ1v) is 5.17. The van der Waals surface area contributed by atoms with Gasteiger partial charge in [0, 0.05) is 12.0 Å². The van der Waals surface area contributed by atoms with Crippen LogP contribution in [0.3, 0.4) is 0 Å². The molecule has 2 aliphatic rings. The molecule has 78 valence electrons. The maximum absolute atomic E-state index is 11.8. The summed E-state index contributed by atoms with van der Waals surface area (Å²) in [5.41, 5.74) is 5.18. The topological polar surface area (TPSA) is 29.3 Å². The van der Waals surface area contributed by atoms with Crippen LogP contribution in [0.15, 0.2) is 0 Å². The van der Waals surface area contributed by atoms with Crippen LogP contribution in [-0.2, 0) is 0 Å². The Balaban J connectivity index is 0.000000132. The van der Waals surface area contributed by atoms with Gasteiger partial charge in [0.2, 0.25) is 0 Å². The number of rotatable bonds is 2. The maximum atomic E-state index is 11.8. The van der Waals surface area contributed by atoms with Gasteiger partial charge in [-0.15, -0.1) is 0 Å². The summed E-state index contributed by atoms with van der Waals surface area (Å²) in [6.45, 7) is 2.95. The molecule has 2 N–H and O–H groups in total. The molecule has 3 heteroatoms. The Hall–Kier alpha value is -0.150. The molecule has 0 radical (unpaired) electrons. The average molecular weight is 188 g/mol. The third kappa shape index (κ3) is 3.61. The highest BCUT2D eigenvalue weighted by molar-refractivity contribution is 4.93. The zero-order chi connectivity index (χ0) is 9.73. The van der Waals surface area contributed by atoms with Gasteiger partial charge in [-0.25, -0.2) is 0 Å². The molecule has 2 rings (SSSR count). The summed E-state index contributed by atoms with van der Waals surface area (Å²) in [7, 11) is 2.17. The number of hydrogen-bond donors (Lipinski definition) is 1. The molecule has 0 bridgehead atoms. The molecule has 1 saturated heterocycles. The fraction of sp³-hybridized carbons (Fsp3) is 1.00. The first-order chi connectivity index (χ1) is 6.22. The second kappa shape index (κ2) is 4.91. The Morgan fingerprint density at radius 2 is 1.85 bits per heavy atom. The summed E-state index contributed by atoms with van der Waals surface area (Å²) in [5.74, 6) is 0. The Morgan fingerprint density at radius 3 is 1.92 bits per heavy atom. The summed E-state index contributed by atoms with van der Waals surface area (Å²) in [6, 6.07) is 0. The molecule has 1 heterocycles. The third-order valence-corrected chi connectivity index (χ3v) is 3.00. The molecule has 2 fully saturated rings. The molecule has 1 aliphatic carbocycles. The highest BCUT2D eigenvalue weighted by Crippen LogP contribution is 2.44. The molecule has 0 aromatic carbocycles. The summed E-state index contributed by atoms with van der Waals surface area (Å²) in [4.78, 5) is 2.36. The van der Waals surface area contributed by atoms with Crippen LogP contribution in [0.5, 0.6) is 0 Å². The second-order valence-electron chi connectivity index (χ2n) is 4.35. The summed E-state index contributed by atoms with van der Waals surface area (Å²) in [5, 5.41) is 0. The van der Waals surface area contributed by atoms with Crippen LogP contribution in [-0.4, -0.2) is 38.3 Å². The zero-order valence-electron chi connectivity index (χ0n) is 8.56. The van der Waals surface area contributed by atoms with Crippen molar-refractivity contribution in [1.82, 2.24) is 4.90 Å². The van der Waals surface area contributed by atoms with Gasteiger partial charge in [-0.1, -0.05) is 0 Å². The minimum absolute atomic E-state index is 0.0556. The molecule has 0 atom stereocenters. The molecule has 2 nitrogen and oxygen atoms in total. The van der Waals surface area contributed by atoms with Gasteiger partial charge in [0.1, 0.15) is 0 Å². The lowest BCUT2D eigenvalue weighted by Crippen LogP contribution is -2.16. The van der Waals surface area contributed by atoms with E-state index >= 15 is 0 Å². The highest BCUT2D eigenvalue weighted by atomic mass is 19.1. The SMILES string of the molecule is CN1CCCC1.NCC1(CF)CC1. The largest absolute Gasteiger partial charge is 0.330 e. The fourth-order valence-electron chi connectivity index (χ4n) is 1.44. The van der Waals surface area contributed by atoms with E-state index in [1.807, 2.05) is 0 Å². The molecular weight excluding hydrogens is 167 g/mol. The van der Waals surface area contributed by atoms with E-state index in [0.717, 1.165) is 12.8 Å². The minimum atomic E-state index is -0.219. The Bertz CT molecular complexity index is 134. The van der Waals surface area contributed by atoms with Gasteiger partial charge in [0.05, 0.1) is 6.67 Å². The van der Waals surface area contributed by atoms with Gasteiger partial charge in [0.25, 0.3) is 0 Å². The van der Waals surface area contributed by atoms with E-state index < -0.39 is 0 Å². The minimum Gasteiger partial charge on any atom is -0.330 e. The highest BCUT2D eigenvalue weighted by Gasteiger charge is 2.41. The number of nitrogens with zero attached hydrogens (tertiary/aromatic N) is 1. The van der Waals surface area contributed by atoms with E-state index in [2.05, 4.69) is 11.9 Å². The van der Waals surface area contributed by atoms with Gasteiger partial charge >= 0.3 is 0 Å². The van der Waals surface area contributed by atoms with E-state index in [-0.39, 0.29) is 12.1 Å². The fourth-order valence-corrected chi connectivity index (χ4v) is 1.44. The summed E-state index contributed by atoms with van der Waals surface area (Å²) >= 11 is 0. The predicted octanol–water partition coefficient (Wildman–Crippen LogP) is 1.41. The number of nitrogens with two attached hydrogens (primary N) is 1. The predicted molar refractivity (Wildman–Crippen MR) is 53.4 cm³/mol. The van der Waals surface area contributed by atoms with Crippen molar-refractivity contribution in [3.05, 3.63) is 0 Å². The van der Waals surface area contributed by atoms with Crippen molar-refractivity contribution in [2.75, 3.05) is 33.4 Å². The summed E-state index contributed by atoms with van der Waals surface area (Å²) < 4.78 is 11.8. The smallest absolute Gasteiger partial charge is 0.0962 e. The van der Waals surface area contributed by atoms with Crippen LogP contribution < -0.4 is 5.73 Å². The van der Waals surface area contributed by atoms with Crippen LogP contribution in [0, 0.1) is 5.41 Å². The number of likely N-dealkylation sites (tertiary alicyclic amines) is 1. The lowest BCUT2D eigenvalue weighted by Gasteiger charge is -2.01. The maximum Gasteiger partial charge on any atom is 0.0962 e. The summed E-state index contributed by atoms with van der Waals surface area (Å²) in [6.07, 6.45) is 4.83. The number of hydrogen-bond acceptors (Lipinski definition) is 2. The van der Waals surface area contributed by atoms with Gasteiger partial charge < -0.3 is 10.6 Å². The van der Waals surface area contributed by atoms with E-state index in [4.69, 9.17) is 5.73 Å². The first-order valence-electron chi connectivity index (χ1n) is 5.17. The number of alkyl halides is 1. The van der Waals surface area contributed by atoms with Crippen LogP contribution in [0.1, 0.15) is 25.7 Å². The quantitative estimate of drug-likeness (QED) is 0.710. The molecule has 1 aliphatic heterocycles. The normalized spacial score (nSPS) is 25.2. The van der Waals surface area contributed by atoms with Crippen LogP contribution in [0.4, 0.5) is 4.39 Å². The van der Waals surface area contributed by atoms with Gasteiger partial charge in [-0.2, -0.15) is 0 Å². The van der Waals surface area contributed by atoms with E-state index in [1.54, 1.807) is 0 Å². The van der Waals surface area contributed by atoms with Gasteiger partial charge in [-0.3, -0.25) is 4.39 Å². The lowest BCUT2D eigenvalue weighted by molar-refractivity contribution is 0.349. The molecule has 0 aromatic heterocycles. The van der Waals surface area contributed by atoms with Crippen molar-refractivity contribution in [1.29, 1.82) is 0 Å². The lowest BCUT2D eigenvalue weighted by atomic mass is 10.1. The molecule has 0 aromatic rings. The Morgan fingerprint density at radius 1 is 1.31 bits per heavy atom. The van der Waals surface area contributed by atoms with Crippen molar-refractivity contribution in [2.45, 2.75) is 25.7 Å². The van der Waals surface area contributed by atoms with E-state index in [9.17, 15) is 4.39 Å². The second-order valence-corrected chi connectivity index (χ2v) is 4.35. The molecule has 0 spiro atoms. The van der Waals surface area contributed by atoms with Crippen LogP contribution in [0.25, 0.3) is 0 Å². The monoisotopic (exact) mass is 188 g/mol. The van der Waals surface area contributed by atoms with E-state index in [1.165, 1.54) is 25.9 Å². The average Bonchev–Trinajstić information content (AvgIpc) is 2.82. The molecule has 1 saturated carbocycles. The third-order valence-electron chi connectivity index (χ3n) is 3.00. The zero-order valence-corrected chi connectivity index (χ0v) is 8.56. The van der Waals surface area contributed by atoms with Crippen molar-refractivity contribution >= 4 is 0 Å². The van der Waals surface area contributed by atoms with Crippen molar-refractivity contribution < 1.29 is 4.39 Å². The van der Waals surface area contributed by atoms with Gasteiger partial charge in [-0.05, 0) is 45.8 Å². The molecule has 13 heavy (non-hydrogen) atoms. The van der Waals surface area contributed by atoms with E-state index in [0.29, 0.717) is 6.54 Å². The first kappa shape index (κ1) is 10.9. The van der Waals surface area contributed by atoms with Crippen molar-refractivity contribution in [3.63, 3.8) is 0 Å². The molecular formula is C10H21FN2. The van der Waals surface area contributed by atoms with Crippen LogP contribution in [0.2, 0.25) is 0 Å².